The van der Waals surface area contributed by atoms with Crippen LogP contribution in [0.1, 0.15) is 67.6 Å². The number of nitrogens with zero attached hydrogens (tertiary/aromatic N) is 2. The fourth-order valence-electron chi connectivity index (χ4n) is 2.85. The molecular formula is C21H25ClN2O3. The van der Waals surface area contributed by atoms with Crippen LogP contribution in [0.3, 0.4) is 0 Å². The standard InChI is InChI=1S/C21H25ClN2O3/c1-7-8-18(25)27-21-16(11-23-24(21)6)20(26)15-9-10-17(22)19(14(15)5)13(4)12(2)3/h9-11H,7-8H2,1-6H3. The Morgan fingerprint density at radius 2 is 1.85 bits per heavy atom. The van der Waals surface area contributed by atoms with Crippen LogP contribution < -0.4 is 4.74 Å². The van der Waals surface area contributed by atoms with E-state index in [-0.39, 0.29) is 29.6 Å². The van der Waals surface area contributed by atoms with E-state index in [1.54, 1.807) is 19.2 Å². The number of ketones is 1. The highest BCUT2D eigenvalue weighted by molar-refractivity contribution is 6.32. The highest BCUT2D eigenvalue weighted by atomic mass is 35.5. The van der Waals surface area contributed by atoms with Crippen LogP contribution in [0.5, 0.6) is 5.88 Å². The number of hydrogen-bond donors (Lipinski definition) is 0. The van der Waals surface area contributed by atoms with E-state index in [0.717, 1.165) is 22.3 Å². The SMILES string of the molecule is CCCC(=O)Oc1c(C(=O)c2ccc(Cl)c(C(C)=C(C)C)c2C)cnn1C. The van der Waals surface area contributed by atoms with E-state index in [1.165, 1.54) is 10.9 Å². The van der Waals surface area contributed by atoms with Crippen LogP contribution in [0.2, 0.25) is 5.02 Å². The molecule has 1 aromatic carbocycles. The smallest absolute Gasteiger partial charge is 0.312 e. The van der Waals surface area contributed by atoms with Crippen LogP contribution in [0.15, 0.2) is 23.9 Å². The van der Waals surface area contributed by atoms with Gasteiger partial charge in [0.25, 0.3) is 0 Å². The predicted octanol–water partition coefficient (Wildman–Crippen LogP) is 5.13. The Morgan fingerprint density at radius 1 is 1.19 bits per heavy atom. The Kier molecular flexibility index (Phi) is 6.60. The number of allylic oxidation sites excluding steroid dienone is 2. The maximum atomic E-state index is 13.2. The van der Waals surface area contributed by atoms with Gasteiger partial charge in [0, 0.05) is 24.1 Å². The number of halogens is 1. The van der Waals surface area contributed by atoms with Crippen molar-refractivity contribution in [2.75, 3.05) is 0 Å². The minimum Gasteiger partial charge on any atom is -0.407 e. The van der Waals surface area contributed by atoms with Gasteiger partial charge in [-0.15, -0.1) is 0 Å². The Hall–Kier alpha value is -2.40. The number of rotatable bonds is 6. The first kappa shape index (κ1) is 20.9. The van der Waals surface area contributed by atoms with Gasteiger partial charge < -0.3 is 4.74 Å². The van der Waals surface area contributed by atoms with Gasteiger partial charge in [0.05, 0.1) is 6.20 Å². The molecule has 0 amide bonds. The topological polar surface area (TPSA) is 61.2 Å². The quantitative estimate of drug-likeness (QED) is 0.508. The number of aromatic nitrogens is 2. The highest BCUT2D eigenvalue weighted by Gasteiger charge is 2.24. The largest absolute Gasteiger partial charge is 0.407 e. The second kappa shape index (κ2) is 8.53. The normalized spacial score (nSPS) is 10.6. The molecule has 0 radical (unpaired) electrons. The van der Waals surface area contributed by atoms with Crippen molar-refractivity contribution in [3.63, 3.8) is 0 Å². The van der Waals surface area contributed by atoms with Gasteiger partial charge in [0.2, 0.25) is 5.88 Å². The number of hydrogen-bond acceptors (Lipinski definition) is 4. The molecule has 2 rings (SSSR count). The first-order valence-electron chi connectivity index (χ1n) is 8.89. The summed E-state index contributed by atoms with van der Waals surface area (Å²) in [5.74, 6) is -0.475. The van der Waals surface area contributed by atoms with Gasteiger partial charge in [-0.3, -0.25) is 9.59 Å². The maximum Gasteiger partial charge on any atom is 0.312 e. The third kappa shape index (κ3) is 4.30. The lowest BCUT2D eigenvalue weighted by Gasteiger charge is -2.15. The highest BCUT2D eigenvalue weighted by Crippen LogP contribution is 2.33. The lowest BCUT2D eigenvalue weighted by molar-refractivity contribution is -0.134. The van der Waals surface area contributed by atoms with E-state index < -0.39 is 0 Å². The molecule has 5 nitrogen and oxygen atoms in total. The number of aryl methyl sites for hydroxylation is 1. The number of benzene rings is 1. The van der Waals surface area contributed by atoms with Gasteiger partial charge in [-0.05, 0) is 62.9 Å². The molecule has 0 unspecified atom stereocenters. The van der Waals surface area contributed by atoms with Crippen molar-refractivity contribution < 1.29 is 14.3 Å². The van der Waals surface area contributed by atoms with E-state index in [4.69, 9.17) is 16.3 Å². The van der Waals surface area contributed by atoms with Gasteiger partial charge in [-0.1, -0.05) is 24.1 Å². The summed E-state index contributed by atoms with van der Waals surface area (Å²) in [5.41, 5.74) is 4.58. The molecule has 0 spiro atoms. The summed E-state index contributed by atoms with van der Waals surface area (Å²) in [6, 6.07) is 3.43. The molecule has 1 heterocycles. The van der Waals surface area contributed by atoms with E-state index in [2.05, 4.69) is 5.10 Å². The molecule has 0 aliphatic heterocycles. The minimum atomic E-state index is -0.385. The van der Waals surface area contributed by atoms with Gasteiger partial charge in [0.15, 0.2) is 5.78 Å². The molecule has 0 aliphatic carbocycles. The lowest BCUT2D eigenvalue weighted by atomic mass is 9.92. The molecule has 0 bridgehead atoms. The molecule has 0 saturated carbocycles. The summed E-state index contributed by atoms with van der Waals surface area (Å²) in [6.07, 6.45) is 2.38. The van der Waals surface area contributed by atoms with Gasteiger partial charge in [-0.25, -0.2) is 4.68 Å². The van der Waals surface area contributed by atoms with Crippen LogP contribution in [0.25, 0.3) is 5.57 Å². The third-order valence-electron chi connectivity index (χ3n) is 4.58. The van der Waals surface area contributed by atoms with Crippen molar-refractivity contribution in [1.82, 2.24) is 9.78 Å². The molecule has 0 N–H and O–H groups in total. The van der Waals surface area contributed by atoms with E-state index >= 15 is 0 Å². The molecule has 0 aliphatic rings. The summed E-state index contributed by atoms with van der Waals surface area (Å²) < 4.78 is 6.78. The average Bonchev–Trinajstić information content (AvgIpc) is 2.95. The summed E-state index contributed by atoms with van der Waals surface area (Å²) in [4.78, 5) is 25.1. The molecule has 27 heavy (non-hydrogen) atoms. The molecule has 6 heteroatoms. The number of ether oxygens (including phenoxy) is 1. The van der Waals surface area contributed by atoms with Crippen molar-refractivity contribution in [3.05, 3.63) is 51.2 Å². The molecular weight excluding hydrogens is 364 g/mol. The third-order valence-corrected chi connectivity index (χ3v) is 4.89. The zero-order valence-corrected chi connectivity index (χ0v) is 17.4. The zero-order valence-electron chi connectivity index (χ0n) is 16.6. The first-order valence-corrected chi connectivity index (χ1v) is 9.27. The number of carbonyl (C=O) groups is 2. The second-order valence-electron chi connectivity index (χ2n) is 6.76. The predicted molar refractivity (Wildman–Crippen MR) is 107 cm³/mol. The summed E-state index contributed by atoms with van der Waals surface area (Å²) in [7, 11) is 1.64. The van der Waals surface area contributed by atoms with Gasteiger partial charge in [0.1, 0.15) is 5.56 Å². The van der Waals surface area contributed by atoms with Gasteiger partial charge in [-0.2, -0.15) is 5.10 Å². The van der Waals surface area contributed by atoms with Crippen molar-refractivity contribution in [2.24, 2.45) is 7.05 Å². The van der Waals surface area contributed by atoms with Crippen LogP contribution in [-0.2, 0) is 11.8 Å². The average molecular weight is 389 g/mol. The van der Waals surface area contributed by atoms with Gasteiger partial charge >= 0.3 is 5.97 Å². The second-order valence-corrected chi connectivity index (χ2v) is 7.17. The molecule has 0 saturated heterocycles. The maximum absolute atomic E-state index is 13.2. The Bertz CT molecular complexity index is 922. The van der Waals surface area contributed by atoms with Crippen LogP contribution in [0, 0.1) is 6.92 Å². The molecule has 0 fully saturated rings. The lowest BCUT2D eigenvalue weighted by Crippen LogP contribution is -2.13. The van der Waals surface area contributed by atoms with Crippen LogP contribution >= 0.6 is 11.6 Å². The van der Waals surface area contributed by atoms with Crippen molar-refractivity contribution >= 4 is 28.9 Å². The zero-order chi connectivity index (χ0) is 20.3. The Labute approximate surface area is 165 Å². The number of carbonyl (C=O) groups excluding carboxylic acids is 2. The van der Waals surface area contributed by atoms with Crippen LogP contribution in [0.4, 0.5) is 0 Å². The number of esters is 1. The van der Waals surface area contributed by atoms with Crippen molar-refractivity contribution in [3.8, 4) is 5.88 Å². The molecule has 0 atom stereocenters. The van der Waals surface area contributed by atoms with E-state index in [0.29, 0.717) is 17.0 Å². The molecule has 2 aromatic rings. The summed E-state index contributed by atoms with van der Waals surface area (Å²) in [6.45, 7) is 9.76. The fourth-order valence-corrected chi connectivity index (χ4v) is 3.19. The van der Waals surface area contributed by atoms with Crippen LogP contribution in [-0.4, -0.2) is 21.5 Å². The fraction of sp³-hybridized carbons (Fsp3) is 0.381. The van der Waals surface area contributed by atoms with E-state index in [9.17, 15) is 9.59 Å². The van der Waals surface area contributed by atoms with Crippen molar-refractivity contribution in [1.29, 1.82) is 0 Å². The van der Waals surface area contributed by atoms with Crippen molar-refractivity contribution in [2.45, 2.75) is 47.5 Å². The molecule has 144 valence electrons. The first-order chi connectivity index (χ1) is 12.7. The molecule has 1 aromatic heterocycles. The van der Waals surface area contributed by atoms with E-state index in [1.807, 2.05) is 34.6 Å². The summed E-state index contributed by atoms with van der Waals surface area (Å²) in [5, 5.41) is 4.69. The summed E-state index contributed by atoms with van der Waals surface area (Å²) >= 11 is 6.40. The monoisotopic (exact) mass is 388 g/mol. The Morgan fingerprint density at radius 3 is 2.44 bits per heavy atom. The Balaban J connectivity index is 2.53. The minimum absolute atomic E-state index is 0.160.